The summed E-state index contributed by atoms with van der Waals surface area (Å²) in [5.41, 5.74) is 1.01. The highest BCUT2D eigenvalue weighted by atomic mass is 19.4. The van der Waals surface area contributed by atoms with E-state index < -0.39 is 11.7 Å². The number of carbonyl (C=O) groups is 1. The van der Waals surface area contributed by atoms with Gasteiger partial charge in [0.1, 0.15) is 0 Å². The minimum Gasteiger partial charge on any atom is -0.345 e. The molecule has 1 amide bonds. The SMILES string of the molecule is Cc1ccc(C(F)(F)F)cc1CN(C)[C@@H]1C[C@@H]2CC(=O)N(C)C[C@@H]2C1. The topological polar surface area (TPSA) is 23.6 Å². The van der Waals surface area contributed by atoms with Crippen LogP contribution in [-0.2, 0) is 17.5 Å². The van der Waals surface area contributed by atoms with Gasteiger partial charge in [0.2, 0.25) is 5.91 Å². The Bertz CT molecular complexity index is 659. The third kappa shape index (κ3) is 3.84. The van der Waals surface area contributed by atoms with Crippen LogP contribution >= 0.6 is 0 Å². The van der Waals surface area contributed by atoms with Gasteiger partial charge in [0.15, 0.2) is 0 Å². The Labute approximate surface area is 146 Å². The molecule has 1 heterocycles. The quantitative estimate of drug-likeness (QED) is 0.826. The molecule has 1 aromatic carbocycles. The van der Waals surface area contributed by atoms with Gasteiger partial charge in [0.05, 0.1) is 5.56 Å². The first kappa shape index (κ1) is 18.2. The second-order valence-corrected chi connectivity index (χ2v) is 7.68. The lowest BCUT2D eigenvalue weighted by molar-refractivity contribution is -0.137. The molecule has 1 aliphatic carbocycles. The standard InChI is InChI=1S/C19H25F3N2O/c1-12-4-5-16(19(20,21)22)6-14(12)10-23(2)17-7-13-9-18(25)24(3)11-15(13)8-17/h4-6,13,15,17H,7-11H2,1-3H3/t13-,15+,17-/m1/s1. The van der Waals surface area contributed by atoms with E-state index in [0.717, 1.165) is 36.6 Å². The molecule has 3 atom stereocenters. The summed E-state index contributed by atoms with van der Waals surface area (Å²) in [6.07, 6.45) is -1.74. The lowest BCUT2D eigenvalue weighted by Gasteiger charge is -2.31. The zero-order chi connectivity index (χ0) is 18.4. The van der Waals surface area contributed by atoms with E-state index in [4.69, 9.17) is 0 Å². The molecule has 6 heteroatoms. The van der Waals surface area contributed by atoms with E-state index in [9.17, 15) is 18.0 Å². The first-order valence-electron chi connectivity index (χ1n) is 8.76. The fourth-order valence-corrected chi connectivity index (χ4v) is 4.26. The van der Waals surface area contributed by atoms with Crippen molar-refractivity contribution in [3.63, 3.8) is 0 Å². The molecular formula is C19H25F3N2O. The summed E-state index contributed by atoms with van der Waals surface area (Å²) in [7, 11) is 3.83. The van der Waals surface area contributed by atoms with E-state index in [1.54, 1.807) is 11.0 Å². The Hall–Kier alpha value is -1.56. The Kier molecular flexibility index (Phi) is 4.84. The number of halogens is 3. The van der Waals surface area contributed by atoms with E-state index in [1.165, 1.54) is 6.07 Å². The fraction of sp³-hybridized carbons (Fsp3) is 0.632. The van der Waals surface area contributed by atoms with Gasteiger partial charge in [-0.1, -0.05) is 6.07 Å². The molecule has 0 spiro atoms. The summed E-state index contributed by atoms with van der Waals surface area (Å²) in [4.78, 5) is 15.9. The second kappa shape index (κ2) is 6.63. The first-order valence-corrected chi connectivity index (χ1v) is 8.76. The molecule has 0 N–H and O–H groups in total. The Morgan fingerprint density at radius 3 is 2.60 bits per heavy atom. The molecule has 25 heavy (non-hydrogen) atoms. The number of rotatable bonds is 3. The van der Waals surface area contributed by atoms with E-state index in [2.05, 4.69) is 4.90 Å². The van der Waals surface area contributed by atoms with Crippen LogP contribution in [0.5, 0.6) is 0 Å². The smallest absolute Gasteiger partial charge is 0.345 e. The van der Waals surface area contributed by atoms with Gasteiger partial charge in [-0.25, -0.2) is 0 Å². The molecule has 1 aromatic rings. The number of fused-ring (bicyclic) bond motifs is 1. The highest BCUT2D eigenvalue weighted by molar-refractivity contribution is 5.77. The molecule has 0 aromatic heterocycles. The molecule has 1 saturated carbocycles. The van der Waals surface area contributed by atoms with Crippen LogP contribution in [0, 0.1) is 18.8 Å². The van der Waals surface area contributed by atoms with Crippen LogP contribution in [0.2, 0.25) is 0 Å². The summed E-state index contributed by atoms with van der Waals surface area (Å²) in [5.74, 6) is 1.13. The monoisotopic (exact) mass is 354 g/mol. The average Bonchev–Trinajstić information content (AvgIpc) is 2.91. The first-order chi connectivity index (χ1) is 11.6. The van der Waals surface area contributed by atoms with Crippen molar-refractivity contribution in [2.24, 2.45) is 11.8 Å². The summed E-state index contributed by atoms with van der Waals surface area (Å²) in [5, 5.41) is 0. The number of hydrogen-bond donors (Lipinski definition) is 0. The highest BCUT2D eigenvalue weighted by Crippen LogP contribution is 2.40. The van der Waals surface area contributed by atoms with Crippen LogP contribution in [0.4, 0.5) is 13.2 Å². The maximum atomic E-state index is 13.0. The molecule has 0 unspecified atom stereocenters. The van der Waals surface area contributed by atoms with E-state index in [-0.39, 0.29) is 5.91 Å². The third-order valence-corrected chi connectivity index (χ3v) is 5.91. The van der Waals surface area contributed by atoms with Crippen molar-refractivity contribution in [3.05, 3.63) is 34.9 Å². The number of aryl methyl sites for hydroxylation is 1. The molecule has 2 fully saturated rings. The third-order valence-electron chi connectivity index (χ3n) is 5.91. The van der Waals surface area contributed by atoms with Crippen LogP contribution in [0.1, 0.15) is 36.0 Å². The van der Waals surface area contributed by atoms with Crippen molar-refractivity contribution in [1.82, 2.24) is 9.80 Å². The molecule has 2 aliphatic rings. The van der Waals surface area contributed by atoms with Crippen LogP contribution in [-0.4, -0.2) is 42.4 Å². The number of piperidine rings is 1. The van der Waals surface area contributed by atoms with Gasteiger partial charge >= 0.3 is 6.18 Å². The number of likely N-dealkylation sites (tertiary alicyclic amines) is 1. The van der Waals surface area contributed by atoms with Crippen LogP contribution < -0.4 is 0 Å². The van der Waals surface area contributed by atoms with Crippen molar-refractivity contribution in [2.75, 3.05) is 20.6 Å². The van der Waals surface area contributed by atoms with Gasteiger partial charge in [0, 0.05) is 32.6 Å². The van der Waals surface area contributed by atoms with Gasteiger partial charge in [-0.05, 0) is 61.9 Å². The van der Waals surface area contributed by atoms with Crippen molar-refractivity contribution in [1.29, 1.82) is 0 Å². The Morgan fingerprint density at radius 2 is 1.92 bits per heavy atom. The molecule has 0 bridgehead atoms. The largest absolute Gasteiger partial charge is 0.416 e. The van der Waals surface area contributed by atoms with E-state index in [0.29, 0.717) is 30.8 Å². The number of alkyl halides is 3. The van der Waals surface area contributed by atoms with Gasteiger partial charge in [-0.3, -0.25) is 9.69 Å². The van der Waals surface area contributed by atoms with Gasteiger partial charge in [0.25, 0.3) is 0 Å². The Morgan fingerprint density at radius 1 is 1.24 bits per heavy atom. The predicted molar refractivity (Wildman–Crippen MR) is 89.9 cm³/mol. The summed E-state index contributed by atoms with van der Waals surface area (Å²) >= 11 is 0. The van der Waals surface area contributed by atoms with E-state index >= 15 is 0 Å². The van der Waals surface area contributed by atoms with E-state index in [1.807, 2.05) is 21.0 Å². The predicted octanol–water partition coefficient (Wildman–Crippen LogP) is 3.70. The lowest BCUT2D eigenvalue weighted by atomic mass is 9.88. The minimum atomic E-state index is -4.31. The molecular weight excluding hydrogens is 329 g/mol. The molecule has 138 valence electrons. The van der Waals surface area contributed by atoms with Crippen LogP contribution in [0.15, 0.2) is 18.2 Å². The number of carbonyl (C=O) groups excluding carboxylic acids is 1. The van der Waals surface area contributed by atoms with Crippen LogP contribution in [0.25, 0.3) is 0 Å². The van der Waals surface area contributed by atoms with Gasteiger partial charge in [-0.2, -0.15) is 13.2 Å². The number of amides is 1. The fourth-order valence-electron chi connectivity index (χ4n) is 4.26. The van der Waals surface area contributed by atoms with Crippen molar-refractivity contribution in [2.45, 2.75) is 44.9 Å². The van der Waals surface area contributed by atoms with Gasteiger partial charge < -0.3 is 4.90 Å². The Balaban J connectivity index is 1.69. The molecule has 3 nitrogen and oxygen atoms in total. The minimum absolute atomic E-state index is 0.207. The van der Waals surface area contributed by atoms with Crippen molar-refractivity contribution >= 4 is 5.91 Å². The summed E-state index contributed by atoms with van der Waals surface area (Å²) in [6, 6.07) is 4.28. The lowest BCUT2D eigenvalue weighted by Crippen LogP contribution is -2.39. The summed E-state index contributed by atoms with van der Waals surface area (Å²) in [6.45, 7) is 3.16. The zero-order valence-corrected chi connectivity index (χ0v) is 14.9. The normalized spacial score (nSPS) is 27.1. The number of hydrogen-bond acceptors (Lipinski definition) is 2. The van der Waals surface area contributed by atoms with Crippen molar-refractivity contribution < 1.29 is 18.0 Å². The maximum Gasteiger partial charge on any atom is 0.416 e. The van der Waals surface area contributed by atoms with Crippen molar-refractivity contribution in [3.8, 4) is 0 Å². The second-order valence-electron chi connectivity index (χ2n) is 7.68. The average molecular weight is 354 g/mol. The zero-order valence-electron chi connectivity index (χ0n) is 14.9. The molecule has 3 rings (SSSR count). The molecule has 0 radical (unpaired) electrons. The van der Waals surface area contributed by atoms with Gasteiger partial charge in [-0.15, -0.1) is 0 Å². The number of nitrogens with zero attached hydrogens (tertiary/aromatic N) is 2. The van der Waals surface area contributed by atoms with Crippen LogP contribution in [0.3, 0.4) is 0 Å². The molecule has 1 aliphatic heterocycles. The highest BCUT2D eigenvalue weighted by Gasteiger charge is 2.41. The summed E-state index contributed by atoms with van der Waals surface area (Å²) < 4.78 is 38.9. The number of benzene rings is 1. The maximum absolute atomic E-state index is 13.0. The molecule has 1 saturated heterocycles.